The number of amides is 3. The van der Waals surface area contributed by atoms with Gasteiger partial charge in [0, 0.05) is 28.7 Å². The van der Waals surface area contributed by atoms with E-state index in [1.165, 1.54) is 4.88 Å². The molecule has 0 aliphatic heterocycles. The first-order valence-corrected chi connectivity index (χ1v) is 8.40. The molecule has 0 saturated carbocycles. The number of aryl methyl sites for hydroxylation is 1. The molecular weight excluding hydrogens is 310 g/mol. The van der Waals surface area contributed by atoms with Crippen LogP contribution in [0.15, 0.2) is 41.8 Å². The van der Waals surface area contributed by atoms with Crippen LogP contribution in [-0.4, -0.2) is 18.0 Å². The van der Waals surface area contributed by atoms with Crippen molar-refractivity contribution in [1.29, 1.82) is 0 Å². The highest BCUT2D eigenvalue weighted by atomic mass is 32.1. The average Bonchev–Trinajstić information content (AvgIpc) is 3.00. The molecule has 2 aromatic rings. The first-order valence-electron chi connectivity index (χ1n) is 7.53. The van der Waals surface area contributed by atoms with E-state index in [2.05, 4.69) is 16.0 Å². The molecule has 5 nitrogen and oxygen atoms in total. The van der Waals surface area contributed by atoms with Gasteiger partial charge < -0.3 is 16.0 Å². The fourth-order valence-corrected chi connectivity index (χ4v) is 2.69. The van der Waals surface area contributed by atoms with Crippen molar-refractivity contribution in [2.75, 3.05) is 10.6 Å². The van der Waals surface area contributed by atoms with E-state index < -0.39 is 0 Å². The highest BCUT2D eigenvalue weighted by Gasteiger charge is 2.05. The summed E-state index contributed by atoms with van der Waals surface area (Å²) in [6, 6.07) is 10.9. The maximum absolute atomic E-state index is 11.9. The van der Waals surface area contributed by atoms with Gasteiger partial charge in [0.1, 0.15) is 0 Å². The van der Waals surface area contributed by atoms with Gasteiger partial charge in [0.25, 0.3) is 0 Å². The van der Waals surface area contributed by atoms with Gasteiger partial charge in [-0.1, -0.05) is 6.07 Å². The van der Waals surface area contributed by atoms with Crippen LogP contribution < -0.4 is 16.0 Å². The third-order valence-corrected chi connectivity index (χ3v) is 3.96. The van der Waals surface area contributed by atoms with Gasteiger partial charge in [-0.15, -0.1) is 11.3 Å². The highest BCUT2D eigenvalue weighted by Crippen LogP contribution is 2.15. The summed E-state index contributed by atoms with van der Waals surface area (Å²) in [6.45, 7) is 3.79. The summed E-state index contributed by atoms with van der Waals surface area (Å²) >= 11 is 1.66. The minimum atomic E-state index is -0.243. The quantitative estimate of drug-likeness (QED) is 0.752. The Labute approximate surface area is 140 Å². The van der Waals surface area contributed by atoms with Crippen LogP contribution in [-0.2, 0) is 11.2 Å². The van der Waals surface area contributed by atoms with Crippen LogP contribution in [0, 0.1) is 0 Å². The molecule has 3 amide bonds. The number of hydrogen-bond acceptors (Lipinski definition) is 3. The zero-order chi connectivity index (χ0) is 16.7. The van der Waals surface area contributed by atoms with Crippen molar-refractivity contribution in [3.63, 3.8) is 0 Å². The topological polar surface area (TPSA) is 70.2 Å². The van der Waals surface area contributed by atoms with Gasteiger partial charge in [0.2, 0.25) is 5.91 Å². The number of rotatable bonds is 6. The molecular formula is C17H21N3O2S. The highest BCUT2D eigenvalue weighted by molar-refractivity contribution is 7.09. The monoisotopic (exact) mass is 331 g/mol. The number of hydrogen-bond donors (Lipinski definition) is 3. The van der Waals surface area contributed by atoms with E-state index in [0.29, 0.717) is 12.1 Å². The van der Waals surface area contributed by atoms with E-state index >= 15 is 0 Å². The summed E-state index contributed by atoms with van der Waals surface area (Å²) in [5.41, 5.74) is 1.40. The fourth-order valence-electron chi connectivity index (χ4n) is 1.98. The van der Waals surface area contributed by atoms with E-state index in [1.54, 1.807) is 35.6 Å². The third kappa shape index (κ3) is 6.12. The smallest absolute Gasteiger partial charge is 0.319 e. The Balaban J connectivity index is 1.80. The Morgan fingerprint density at radius 2 is 1.70 bits per heavy atom. The van der Waals surface area contributed by atoms with Crippen molar-refractivity contribution in [3.05, 3.63) is 46.7 Å². The van der Waals surface area contributed by atoms with Gasteiger partial charge in [0.05, 0.1) is 0 Å². The van der Waals surface area contributed by atoms with Crippen LogP contribution in [0.4, 0.5) is 16.2 Å². The second-order valence-corrected chi connectivity index (χ2v) is 6.49. The van der Waals surface area contributed by atoms with Crippen LogP contribution in [0.3, 0.4) is 0 Å². The molecule has 122 valence electrons. The maximum Gasteiger partial charge on any atom is 0.319 e. The van der Waals surface area contributed by atoms with Gasteiger partial charge >= 0.3 is 6.03 Å². The third-order valence-electron chi connectivity index (χ3n) is 3.02. The average molecular weight is 331 g/mol. The summed E-state index contributed by atoms with van der Waals surface area (Å²) in [6.07, 6.45) is 1.20. The van der Waals surface area contributed by atoms with Gasteiger partial charge in [-0.05, 0) is 56.0 Å². The molecule has 0 spiro atoms. The van der Waals surface area contributed by atoms with Crippen molar-refractivity contribution < 1.29 is 9.59 Å². The van der Waals surface area contributed by atoms with E-state index in [9.17, 15) is 9.59 Å². The molecule has 0 aliphatic rings. The molecule has 6 heteroatoms. The maximum atomic E-state index is 11.9. The SMILES string of the molecule is CC(C)NC(=O)Nc1ccc(NC(=O)CCc2cccs2)cc1. The molecule has 1 aromatic carbocycles. The van der Waals surface area contributed by atoms with Crippen LogP contribution in [0.2, 0.25) is 0 Å². The molecule has 0 atom stereocenters. The summed E-state index contributed by atoms with van der Waals surface area (Å²) in [5, 5.41) is 10.3. The van der Waals surface area contributed by atoms with Gasteiger partial charge in [-0.3, -0.25) is 4.79 Å². The molecule has 2 rings (SSSR count). The van der Waals surface area contributed by atoms with Crippen molar-refractivity contribution in [1.82, 2.24) is 5.32 Å². The molecule has 0 aliphatic carbocycles. The second kappa shape index (κ2) is 8.33. The minimum Gasteiger partial charge on any atom is -0.336 e. The molecule has 1 heterocycles. The van der Waals surface area contributed by atoms with Crippen molar-refractivity contribution >= 4 is 34.6 Å². The van der Waals surface area contributed by atoms with E-state index in [0.717, 1.165) is 12.1 Å². The lowest BCUT2D eigenvalue weighted by atomic mass is 10.2. The summed E-state index contributed by atoms with van der Waals surface area (Å²) in [4.78, 5) is 24.7. The standard InChI is InChI=1S/C17H21N3O2S/c1-12(2)18-17(22)20-14-7-5-13(6-8-14)19-16(21)10-9-15-4-3-11-23-15/h3-8,11-12H,9-10H2,1-2H3,(H,19,21)(H2,18,20,22). The van der Waals surface area contributed by atoms with E-state index in [4.69, 9.17) is 0 Å². The van der Waals surface area contributed by atoms with Crippen molar-refractivity contribution in [2.45, 2.75) is 32.7 Å². The Bertz CT molecular complexity index is 636. The molecule has 3 N–H and O–H groups in total. The van der Waals surface area contributed by atoms with Crippen molar-refractivity contribution in [3.8, 4) is 0 Å². The lowest BCUT2D eigenvalue weighted by Gasteiger charge is -2.11. The van der Waals surface area contributed by atoms with Crippen LogP contribution in [0.25, 0.3) is 0 Å². The van der Waals surface area contributed by atoms with Crippen molar-refractivity contribution in [2.24, 2.45) is 0 Å². The van der Waals surface area contributed by atoms with Gasteiger partial charge in [-0.25, -0.2) is 4.79 Å². The molecule has 1 aromatic heterocycles. The Kier molecular flexibility index (Phi) is 6.17. The number of urea groups is 1. The Morgan fingerprint density at radius 1 is 1.04 bits per heavy atom. The Hall–Kier alpha value is -2.34. The number of benzene rings is 1. The largest absolute Gasteiger partial charge is 0.336 e. The zero-order valence-corrected chi connectivity index (χ0v) is 14.1. The summed E-state index contributed by atoms with van der Waals surface area (Å²) in [5.74, 6) is -0.0170. The molecule has 23 heavy (non-hydrogen) atoms. The van der Waals surface area contributed by atoms with E-state index in [1.807, 2.05) is 31.4 Å². The number of nitrogens with one attached hydrogen (secondary N) is 3. The van der Waals surface area contributed by atoms with E-state index in [-0.39, 0.29) is 18.0 Å². The number of anilines is 2. The lowest BCUT2D eigenvalue weighted by molar-refractivity contribution is -0.116. The Morgan fingerprint density at radius 3 is 2.26 bits per heavy atom. The minimum absolute atomic E-state index is 0.0170. The van der Waals surface area contributed by atoms with Gasteiger partial charge in [0.15, 0.2) is 0 Å². The lowest BCUT2D eigenvalue weighted by Crippen LogP contribution is -2.34. The fraction of sp³-hybridized carbons (Fsp3) is 0.294. The predicted octanol–water partition coefficient (Wildman–Crippen LogP) is 3.85. The molecule has 0 radical (unpaired) electrons. The summed E-state index contributed by atoms with van der Waals surface area (Å²) in [7, 11) is 0. The van der Waals surface area contributed by atoms with Crippen LogP contribution in [0.5, 0.6) is 0 Å². The molecule has 0 saturated heterocycles. The number of carbonyl (C=O) groups excluding carboxylic acids is 2. The number of thiophene rings is 1. The molecule has 0 fully saturated rings. The van der Waals surface area contributed by atoms with Crippen LogP contribution >= 0.6 is 11.3 Å². The van der Waals surface area contributed by atoms with Gasteiger partial charge in [-0.2, -0.15) is 0 Å². The molecule has 0 bridgehead atoms. The number of carbonyl (C=O) groups is 2. The summed E-state index contributed by atoms with van der Waals surface area (Å²) < 4.78 is 0. The molecule has 0 unspecified atom stereocenters. The zero-order valence-electron chi connectivity index (χ0n) is 13.3. The predicted molar refractivity (Wildman–Crippen MR) is 95.0 cm³/mol. The first-order chi connectivity index (χ1) is 11.0. The van der Waals surface area contributed by atoms with Crippen LogP contribution in [0.1, 0.15) is 25.1 Å². The normalized spacial score (nSPS) is 10.4. The second-order valence-electron chi connectivity index (χ2n) is 5.46. The first kappa shape index (κ1) is 17.0.